The van der Waals surface area contributed by atoms with E-state index in [4.69, 9.17) is 5.26 Å². The molecule has 0 saturated carbocycles. The van der Waals surface area contributed by atoms with E-state index in [1.54, 1.807) is 0 Å². The Bertz CT molecular complexity index is 888. The van der Waals surface area contributed by atoms with E-state index in [-0.39, 0.29) is 12.1 Å². The second kappa shape index (κ2) is 8.45. The van der Waals surface area contributed by atoms with E-state index < -0.39 is 0 Å². The number of likely N-dealkylation sites (tertiary alicyclic amines) is 1. The van der Waals surface area contributed by atoms with Gasteiger partial charge in [-0.3, -0.25) is 4.90 Å². The molecule has 2 heterocycles. The average molecular weight is 374 g/mol. The molecule has 2 aliphatic rings. The summed E-state index contributed by atoms with van der Waals surface area (Å²) in [5.41, 5.74) is 4.46. The van der Waals surface area contributed by atoms with Gasteiger partial charge in [0.2, 0.25) is 0 Å². The third-order valence-corrected chi connectivity index (χ3v) is 5.71. The summed E-state index contributed by atoms with van der Waals surface area (Å²) in [5.74, 6) is 0. The van der Waals surface area contributed by atoms with E-state index in [1.807, 2.05) is 29.2 Å². The number of fused-ring (bicyclic) bond motifs is 1. The highest BCUT2D eigenvalue weighted by Gasteiger charge is 2.25. The van der Waals surface area contributed by atoms with Gasteiger partial charge in [0.15, 0.2) is 0 Å². The fourth-order valence-corrected chi connectivity index (χ4v) is 4.25. The van der Waals surface area contributed by atoms with Gasteiger partial charge in [0.05, 0.1) is 11.6 Å². The van der Waals surface area contributed by atoms with Crippen LogP contribution in [-0.4, -0.2) is 41.5 Å². The molecule has 2 aliphatic heterocycles. The van der Waals surface area contributed by atoms with Gasteiger partial charge < -0.3 is 10.2 Å². The third kappa shape index (κ3) is 4.35. The van der Waals surface area contributed by atoms with E-state index in [0.29, 0.717) is 12.1 Å². The lowest BCUT2D eigenvalue weighted by molar-refractivity contribution is 0.160. The standard InChI is InChI=1S/C23H26N4O/c24-14-18-5-3-6-19(13-18)15-26-11-4-9-22(17-26)25-23(28)27-12-10-20-7-1-2-8-21(20)16-27/h1-3,5-8,13,22H,4,9-12,15-17H2,(H,25,28). The first-order valence-corrected chi connectivity index (χ1v) is 10.0. The molecule has 1 unspecified atom stereocenters. The number of rotatable bonds is 3. The number of carbonyl (C=O) groups excluding carboxylic acids is 1. The number of carbonyl (C=O) groups is 1. The van der Waals surface area contributed by atoms with Crippen LogP contribution in [-0.2, 0) is 19.5 Å². The third-order valence-electron chi connectivity index (χ3n) is 5.71. The minimum absolute atomic E-state index is 0.0489. The number of benzene rings is 2. The SMILES string of the molecule is N#Cc1cccc(CN2CCCC(NC(=O)N3CCc4ccccc4C3)C2)c1. The molecule has 1 saturated heterocycles. The molecule has 2 aromatic rings. The van der Waals surface area contributed by atoms with Crippen molar-refractivity contribution in [3.63, 3.8) is 0 Å². The van der Waals surface area contributed by atoms with Crippen molar-refractivity contribution in [1.82, 2.24) is 15.1 Å². The fraction of sp³-hybridized carbons (Fsp3) is 0.391. The number of piperidine rings is 1. The summed E-state index contributed by atoms with van der Waals surface area (Å²) in [7, 11) is 0. The maximum atomic E-state index is 12.8. The maximum absolute atomic E-state index is 12.8. The lowest BCUT2D eigenvalue weighted by atomic mass is 10.00. The number of nitrogens with zero attached hydrogens (tertiary/aromatic N) is 3. The minimum atomic E-state index is 0.0489. The van der Waals surface area contributed by atoms with Crippen LogP contribution in [0.3, 0.4) is 0 Å². The highest BCUT2D eigenvalue weighted by atomic mass is 16.2. The van der Waals surface area contributed by atoms with Crippen molar-refractivity contribution in [2.45, 2.75) is 38.4 Å². The van der Waals surface area contributed by atoms with Gasteiger partial charge in [0.1, 0.15) is 0 Å². The van der Waals surface area contributed by atoms with Gasteiger partial charge >= 0.3 is 6.03 Å². The van der Waals surface area contributed by atoms with Crippen molar-refractivity contribution < 1.29 is 4.79 Å². The fourth-order valence-electron chi connectivity index (χ4n) is 4.25. The number of nitriles is 1. The second-order valence-corrected chi connectivity index (χ2v) is 7.78. The van der Waals surface area contributed by atoms with E-state index in [1.165, 1.54) is 11.1 Å². The lowest BCUT2D eigenvalue weighted by Crippen LogP contribution is -2.52. The molecule has 0 radical (unpaired) electrons. The Kier molecular flexibility index (Phi) is 5.59. The minimum Gasteiger partial charge on any atom is -0.334 e. The number of amides is 2. The first kappa shape index (κ1) is 18.5. The second-order valence-electron chi connectivity index (χ2n) is 7.78. The molecule has 0 bridgehead atoms. The molecule has 5 heteroatoms. The van der Waals surface area contributed by atoms with Crippen molar-refractivity contribution >= 4 is 6.03 Å². The summed E-state index contributed by atoms with van der Waals surface area (Å²) in [5, 5.41) is 12.3. The summed E-state index contributed by atoms with van der Waals surface area (Å²) in [4.78, 5) is 17.1. The van der Waals surface area contributed by atoms with Crippen molar-refractivity contribution in [1.29, 1.82) is 5.26 Å². The Morgan fingerprint density at radius 2 is 2.00 bits per heavy atom. The van der Waals surface area contributed by atoms with Crippen LogP contribution in [0.5, 0.6) is 0 Å². The zero-order chi connectivity index (χ0) is 19.3. The van der Waals surface area contributed by atoms with Gasteiger partial charge in [-0.15, -0.1) is 0 Å². The number of hydrogen-bond acceptors (Lipinski definition) is 3. The van der Waals surface area contributed by atoms with Crippen LogP contribution >= 0.6 is 0 Å². The quantitative estimate of drug-likeness (QED) is 0.897. The van der Waals surface area contributed by atoms with Gasteiger partial charge in [0, 0.05) is 32.2 Å². The van der Waals surface area contributed by atoms with Crippen molar-refractivity contribution in [3.05, 3.63) is 70.8 Å². The topological polar surface area (TPSA) is 59.4 Å². The molecule has 144 valence electrons. The molecular weight excluding hydrogens is 348 g/mol. The zero-order valence-corrected chi connectivity index (χ0v) is 16.1. The Balaban J connectivity index is 1.32. The predicted octanol–water partition coefficient (Wildman–Crippen LogP) is 3.29. The average Bonchev–Trinajstić information content (AvgIpc) is 2.74. The normalized spacial score (nSPS) is 19.5. The molecule has 2 amide bonds. The molecule has 0 aliphatic carbocycles. The molecule has 1 fully saturated rings. The van der Waals surface area contributed by atoms with Crippen LogP contribution in [0.1, 0.15) is 35.1 Å². The van der Waals surface area contributed by atoms with Gasteiger partial charge in [-0.1, -0.05) is 36.4 Å². The molecule has 28 heavy (non-hydrogen) atoms. The highest BCUT2D eigenvalue weighted by Crippen LogP contribution is 2.19. The lowest BCUT2D eigenvalue weighted by Gasteiger charge is -2.35. The van der Waals surface area contributed by atoms with Crippen LogP contribution in [0.15, 0.2) is 48.5 Å². The van der Waals surface area contributed by atoms with Crippen molar-refractivity contribution in [2.75, 3.05) is 19.6 Å². The zero-order valence-electron chi connectivity index (χ0n) is 16.1. The van der Waals surface area contributed by atoms with E-state index in [2.05, 4.69) is 40.6 Å². The van der Waals surface area contributed by atoms with Crippen LogP contribution < -0.4 is 5.32 Å². The van der Waals surface area contributed by atoms with E-state index in [9.17, 15) is 4.79 Å². The van der Waals surface area contributed by atoms with Gasteiger partial charge in [-0.2, -0.15) is 5.26 Å². The largest absolute Gasteiger partial charge is 0.334 e. The van der Waals surface area contributed by atoms with E-state index >= 15 is 0 Å². The van der Waals surface area contributed by atoms with Gasteiger partial charge in [-0.05, 0) is 54.6 Å². The highest BCUT2D eigenvalue weighted by molar-refractivity contribution is 5.75. The summed E-state index contributed by atoms with van der Waals surface area (Å²) >= 11 is 0. The Labute approximate surface area is 166 Å². The summed E-state index contributed by atoms with van der Waals surface area (Å²) in [6.45, 7) is 4.17. The van der Waals surface area contributed by atoms with Crippen molar-refractivity contribution in [2.24, 2.45) is 0 Å². The maximum Gasteiger partial charge on any atom is 0.317 e. The molecular formula is C23H26N4O. The number of nitrogens with one attached hydrogen (secondary N) is 1. The number of urea groups is 1. The monoisotopic (exact) mass is 374 g/mol. The Hall–Kier alpha value is -2.84. The molecule has 1 atom stereocenters. The Morgan fingerprint density at radius 1 is 1.14 bits per heavy atom. The molecule has 1 N–H and O–H groups in total. The molecule has 0 spiro atoms. The summed E-state index contributed by atoms with van der Waals surface area (Å²) in [6, 6.07) is 18.6. The van der Waals surface area contributed by atoms with E-state index in [0.717, 1.165) is 51.0 Å². The summed E-state index contributed by atoms with van der Waals surface area (Å²) in [6.07, 6.45) is 3.02. The molecule has 2 aromatic carbocycles. The van der Waals surface area contributed by atoms with Crippen LogP contribution in [0, 0.1) is 11.3 Å². The predicted molar refractivity (Wildman–Crippen MR) is 109 cm³/mol. The van der Waals surface area contributed by atoms with Crippen LogP contribution in [0.2, 0.25) is 0 Å². The molecule has 0 aromatic heterocycles. The Morgan fingerprint density at radius 3 is 2.86 bits per heavy atom. The van der Waals surface area contributed by atoms with Gasteiger partial charge in [0.25, 0.3) is 0 Å². The first-order chi connectivity index (χ1) is 13.7. The molecule has 4 rings (SSSR count). The summed E-state index contributed by atoms with van der Waals surface area (Å²) < 4.78 is 0. The van der Waals surface area contributed by atoms with Crippen LogP contribution in [0.4, 0.5) is 4.79 Å². The van der Waals surface area contributed by atoms with Crippen molar-refractivity contribution in [3.8, 4) is 6.07 Å². The number of hydrogen-bond donors (Lipinski definition) is 1. The smallest absolute Gasteiger partial charge is 0.317 e. The first-order valence-electron chi connectivity index (χ1n) is 10.0. The van der Waals surface area contributed by atoms with Crippen LogP contribution in [0.25, 0.3) is 0 Å². The molecule has 5 nitrogen and oxygen atoms in total. The van der Waals surface area contributed by atoms with Gasteiger partial charge in [-0.25, -0.2) is 4.79 Å².